The molecule has 0 aliphatic heterocycles. The zero-order valence-electron chi connectivity index (χ0n) is 12.2. The number of halogens is 6. The van der Waals surface area contributed by atoms with Gasteiger partial charge in [0.2, 0.25) is 5.95 Å². The number of amides is 1. The van der Waals surface area contributed by atoms with Gasteiger partial charge in [-0.25, -0.2) is 9.97 Å². The zero-order chi connectivity index (χ0) is 18.7. The van der Waals surface area contributed by atoms with Crippen molar-refractivity contribution in [3.05, 3.63) is 54.4 Å². The average Bonchev–Trinajstić information content (AvgIpc) is 2.54. The van der Waals surface area contributed by atoms with Gasteiger partial charge in [-0.2, -0.15) is 26.3 Å². The van der Waals surface area contributed by atoms with Crippen molar-refractivity contribution in [2.75, 3.05) is 5.32 Å². The number of nitrogens with zero attached hydrogens (tertiary/aromatic N) is 2. The monoisotopic (exact) mass is 364 g/mol. The molecule has 2 N–H and O–H groups in total. The number of hydrogen-bond donors (Lipinski definition) is 2. The van der Waals surface area contributed by atoms with Gasteiger partial charge in [0.15, 0.2) is 0 Å². The lowest BCUT2D eigenvalue weighted by Crippen LogP contribution is -2.72. The van der Waals surface area contributed by atoms with E-state index in [-0.39, 0.29) is 5.56 Å². The Kier molecular flexibility index (Phi) is 4.86. The Labute approximate surface area is 137 Å². The van der Waals surface area contributed by atoms with Gasteiger partial charge in [-0.3, -0.25) is 4.79 Å². The summed E-state index contributed by atoms with van der Waals surface area (Å²) >= 11 is 0. The fourth-order valence-electron chi connectivity index (χ4n) is 1.84. The molecule has 1 heterocycles. The molecule has 0 fully saturated rings. The summed E-state index contributed by atoms with van der Waals surface area (Å²) in [5.41, 5.74) is -5.15. The molecule has 0 spiro atoms. The summed E-state index contributed by atoms with van der Waals surface area (Å²) in [6.45, 7) is 0. The van der Waals surface area contributed by atoms with Crippen molar-refractivity contribution < 1.29 is 31.1 Å². The number of anilines is 1. The van der Waals surface area contributed by atoms with Crippen LogP contribution < -0.4 is 10.6 Å². The van der Waals surface area contributed by atoms with Crippen LogP contribution in [0.4, 0.5) is 32.3 Å². The maximum absolute atomic E-state index is 13.4. The molecule has 0 bridgehead atoms. The van der Waals surface area contributed by atoms with E-state index >= 15 is 0 Å². The summed E-state index contributed by atoms with van der Waals surface area (Å²) in [6.07, 6.45) is -9.97. The summed E-state index contributed by atoms with van der Waals surface area (Å²) in [4.78, 5) is 18.5. The van der Waals surface area contributed by atoms with Crippen LogP contribution >= 0.6 is 0 Å². The van der Waals surface area contributed by atoms with Gasteiger partial charge in [0.1, 0.15) is 0 Å². The van der Waals surface area contributed by atoms with Gasteiger partial charge in [0.25, 0.3) is 5.91 Å². The van der Waals surface area contributed by atoms with Crippen molar-refractivity contribution in [1.82, 2.24) is 15.3 Å². The first-order valence-corrected chi connectivity index (χ1v) is 6.63. The highest BCUT2D eigenvalue weighted by Gasteiger charge is 2.73. The van der Waals surface area contributed by atoms with Crippen molar-refractivity contribution in [1.29, 1.82) is 0 Å². The van der Waals surface area contributed by atoms with E-state index in [0.29, 0.717) is 0 Å². The van der Waals surface area contributed by atoms with Crippen LogP contribution in [0.3, 0.4) is 0 Å². The molecule has 1 aromatic heterocycles. The number of hydrogen-bond acceptors (Lipinski definition) is 4. The third-order valence-electron chi connectivity index (χ3n) is 3.05. The lowest BCUT2D eigenvalue weighted by molar-refractivity contribution is -0.294. The lowest BCUT2D eigenvalue weighted by Gasteiger charge is -2.38. The minimum atomic E-state index is -5.94. The second kappa shape index (κ2) is 6.57. The van der Waals surface area contributed by atoms with Gasteiger partial charge >= 0.3 is 18.0 Å². The summed E-state index contributed by atoms with van der Waals surface area (Å²) < 4.78 is 80.3. The molecule has 0 radical (unpaired) electrons. The molecule has 0 aliphatic rings. The molecule has 2 aromatic rings. The number of alkyl halides is 6. The van der Waals surface area contributed by atoms with E-state index in [2.05, 4.69) is 9.97 Å². The van der Waals surface area contributed by atoms with Gasteiger partial charge in [0.05, 0.1) is 0 Å². The van der Waals surface area contributed by atoms with Crippen LogP contribution in [-0.2, 0) is 0 Å². The second-order valence-corrected chi connectivity index (χ2v) is 4.76. The van der Waals surface area contributed by atoms with Crippen LogP contribution in [0.15, 0.2) is 48.8 Å². The highest BCUT2D eigenvalue weighted by atomic mass is 19.4. The Morgan fingerprint density at radius 3 is 1.84 bits per heavy atom. The second-order valence-electron chi connectivity index (χ2n) is 4.76. The van der Waals surface area contributed by atoms with Crippen molar-refractivity contribution in [2.45, 2.75) is 18.0 Å². The molecule has 1 amide bonds. The molecule has 1 aromatic carbocycles. The molecule has 0 atom stereocenters. The molecule has 2 rings (SSSR count). The van der Waals surface area contributed by atoms with Gasteiger partial charge in [-0.15, -0.1) is 0 Å². The van der Waals surface area contributed by atoms with Crippen LogP contribution in [0.25, 0.3) is 0 Å². The smallest absolute Gasteiger partial charge is 0.316 e. The highest BCUT2D eigenvalue weighted by Crippen LogP contribution is 2.43. The lowest BCUT2D eigenvalue weighted by atomic mass is 10.1. The summed E-state index contributed by atoms with van der Waals surface area (Å²) in [6, 6.07) is 7.40. The van der Waals surface area contributed by atoms with Gasteiger partial charge in [-0.05, 0) is 18.2 Å². The predicted molar refractivity (Wildman–Crippen MR) is 74.4 cm³/mol. The van der Waals surface area contributed by atoms with E-state index in [4.69, 9.17) is 0 Å². The van der Waals surface area contributed by atoms with E-state index in [1.165, 1.54) is 29.6 Å². The SMILES string of the molecule is O=C(NC(Nc1ncccn1)(C(F)(F)F)C(F)(F)F)c1ccccc1. The fraction of sp³-hybridized carbons (Fsp3) is 0.214. The summed E-state index contributed by atoms with van der Waals surface area (Å²) in [5, 5.41) is 2.16. The van der Waals surface area contributed by atoms with Gasteiger partial charge < -0.3 is 10.6 Å². The molecular weight excluding hydrogens is 354 g/mol. The normalized spacial score (nSPS) is 12.6. The van der Waals surface area contributed by atoms with Crippen molar-refractivity contribution in [2.24, 2.45) is 0 Å². The first kappa shape index (κ1) is 18.5. The van der Waals surface area contributed by atoms with Crippen LogP contribution in [0.1, 0.15) is 10.4 Å². The van der Waals surface area contributed by atoms with Crippen LogP contribution in [-0.4, -0.2) is 33.9 Å². The number of rotatable bonds is 4. The van der Waals surface area contributed by atoms with Crippen molar-refractivity contribution >= 4 is 11.9 Å². The molecule has 0 saturated carbocycles. The van der Waals surface area contributed by atoms with Crippen LogP contribution in [0.2, 0.25) is 0 Å². The quantitative estimate of drug-likeness (QED) is 0.646. The number of carbonyl (C=O) groups excluding carboxylic acids is 1. The Morgan fingerprint density at radius 1 is 0.840 bits per heavy atom. The average molecular weight is 364 g/mol. The van der Waals surface area contributed by atoms with Gasteiger partial charge in [-0.1, -0.05) is 18.2 Å². The van der Waals surface area contributed by atoms with E-state index in [1.807, 2.05) is 0 Å². The summed E-state index contributed by atoms with van der Waals surface area (Å²) in [7, 11) is 0. The molecule has 5 nitrogen and oxygen atoms in total. The Bertz CT molecular complexity index is 704. The first-order chi connectivity index (χ1) is 11.6. The minimum absolute atomic E-state index is 0.379. The molecule has 0 aliphatic carbocycles. The van der Waals surface area contributed by atoms with Gasteiger partial charge in [0, 0.05) is 18.0 Å². The zero-order valence-corrected chi connectivity index (χ0v) is 12.2. The molecule has 11 heteroatoms. The van der Waals surface area contributed by atoms with Crippen LogP contribution in [0.5, 0.6) is 0 Å². The van der Waals surface area contributed by atoms with Crippen molar-refractivity contribution in [3.63, 3.8) is 0 Å². The predicted octanol–water partition coefficient (Wildman–Crippen LogP) is 3.14. The maximum atomic E-state index is 13.4. The highest BCUT2D eigenvalue weighted by molar-refractivity contribution is 5.95. The Balaban J connectivity index is 2.49. The third-order valence-corrected chi connectivity index (χ3v) is 3.05. The Hall–Kier alpha value is -2.85. The number of benzene rings is 1. The summed E-state index contributed by atoms with van der Waals surface area (Å²) in [5.74, 6) is -2.52. The van der Waals surface area contributed by atoms with E-state index in [1.54, 1.807) is 0 Å². The maximum Gasteiger partial charge on any atom is 0.439 e. The topological polar surface area (TPSA) is 66.9 Å². The van der Waals surface area contributed by atoms with Crippen LogP contribution in [0, 0.1) is 0 Å². The molecule has 134 valence electrons. The minimum Gasteiger partial charge on any atom is -0.316 e. The largest absolute Gasteiger partial charge is 0.439 e. The first-order valence-electron chi connectivity index (χ1n) is 6.63. The standard InChI is InChI=1S/C14H10F6N4O/c15-13(16,17)12(14(18,19)20,24-11-21-7-4-8-22-11)23-10(25)9-5-2-1-3-6-9/h1-8H,(H,23,25)(H,21,22,24). The molecule has 0 saturated heterocycles. The van der Waals surface area contributed by atoms with E-state index in [9.17, 15) is 31.1 Å². The Morgan fingerprint density at radius 2 is 1.36 bits per heavy atom. The third kappa shape index (κ3) is 3.80. The number of carbonyl (C=O) groups is 1. The molecule has 25 heavy (non-hydrogen) atoms. The van der Waals surface area contributed by atoms with E-state index < -0.39 is 29.9 Å². The molecular formula is C14H10F6N4O. The fourth-order valence-corrected chi connectivity index (χ4v) is 1.84. The van der Waals surface area contributed by atoms with Crippen molar-refractivity contribution in [3.8, 4) is 0 Å². The number of aromatic nitrogens is 2. The molecule has 0 unspecified atom stereocenters. The van der Waals surface area contributed by atoms with E-state index in [0.717, 1.165) is 29.8 Å². The number of nitrogens with one attached hydrogen (secondary N) is 2.